The van der Waals surface area contributed by atoms with Crippen molar-refractivity contribution in [1.82, 2.24) is 5.43 Å². The van der Waals surface area contributed by atoms with Gasteiger partial charge in [-0.25, -0.2) is 5.43 Å². The van der Waals surface area contributed by atoms with Gasteiger partial charge in [0, 0.05) is 6.07 Å². The molecule has 0 spiro atoms. The van der Waals surface area contributed by atoms with E-state index in [1.54, 1.807) is 18.2 Å². The molecule has 0 bridgehead atoms. The first-order valence-corrected chi connectivity index (χ1v) is 8.30. The topological polar surface area (TPSA) is 50.7 Å². The van der Waals surface area contributed by atoms with Gasteiger partial charge in [-0.2, -0.15) is 5.10 Å². The third kappa shape index (κ3) is 5.43. The minimum absolute atomic E-state index is 0.245. The molecule has 0 aliphatic carbocycles. The van der Waals surface area contributed by atoms with E-state index < -0.39 is 5.91 Å². The Morgan fingerprint density at radius 3 is 2.33 bits per heavy atom. The van der Waals surface area contributed by atoms with E-state index in [4.69, 9.17) is 62.7 Å². The molecule has 0 saturated carbocycles. The number of hydrazone groups is 1. The van der Waals surface area contributed by atoms with Gasteiger partial charge in [-0.3, -0.25) is 4.79 Å². The first-order valence-electron chi connectivity index (χ1n) is 6.41. The van der Waals surface area contributed by atoms with Crippen molar-refractivity contribution in [2.24, 2.45) is 5.10 Å². The molecule has 4 nitrogen and oxygen atoms in total. The summed E-state index contributed by atoms with van der Waals surface area (Å²) < 4.78 is 5.27. The van der Waals surface area contributed by atoms with Crippen LogP contribution < -0.4 is 10.2 Å². The van der Waals surface area contributed by atoms with Crippen LogP contribution in [-0.2, 0) is 4.79 Å². The molecule has 0 aliphatic rings. The fraction of sp³-hybridized carbons (Fsp3) is 0.0667. The van der Waals surface area contributed by atoms with Crippen LogP contribution >= 0.6 is 58.0 Å². The first kappa shape index (κ1) is 19.2. The molecule has 0 atom stereocenters. The molecule has 126 valence electrons. The lowest BCUT2D eigenvalue weighted by Gasteiger charge is -2.08. The highest BCUT2D eigenvalue weighted by Gasteiger charge is 2.09. The zero-order valence-electron chi connectivity index (χ0n) is 11.8. The molecule has 24 heavy (non-hydrogen) atoms. The van der Waals surface area contributed by atoms with Crippen molar-refractivity contribution in [2.75, 3.05) is 6.61 Å². The minimum Gasteiger partial charge on any atom is -0.482 e. The number of hydrogen-bond donors (Lipinski definition) is 1. The summed E-state index contributed by atoms with van der Waals surface area (Å²) in [7, 11) is 0. The Bertz CT molecular complexity index is 796. The molecule has 2 aromatic carbocycles. The predicted octanol–water partition coefficient (Wildman–Crippen LogP) is 5.48. The zero-order chi connectivity index (χ0) is 17.7. The molecule has 2 rings (SSSR count). The van der Waals surface area contributed by atoms with E-state index in [9.17, 15) is 4.79 Å². The molecular formula is C15H9Cl5N2O2. The van der Waals surface area contributed by atoms with Gasteiger partial charge in [-0.15, -0.1) is 0 Å². The van der Waals surface area contributed by atoms with Gasteiger partial charge in [-0.1, -0.05) is 64.1 Å². The Kier molecular flexibility index (Phi) is 7.02. The summed E-state index contributed by atoms with van der Waals surface area (Å²) in [6.07, 6.45) is 1.42. The third-order valence-corrected chi connectivity index (χ3v) is 4.44. The van der Waals surface area contributed by atoms with Gasteiger partial charge in [0.15, 0.2) is 6.61 Å². The van der Waals surface area contributed by atoms with E-state index in [0.717, 1.165) is 0 Å². The quantitative estimate of drug-likeness (QED) is 0.391. The van der Waals surface area contributed by atoms with Gasteiger partial charge >= 0.3 is 0 Å². The number of nitrogens with one attached hydrogen (secondary N) is 1. The third-order valence-electron chi connectivity index (χ3n) is 2.68. The largest absolute Gasteiger partial charge is 0.482 e. The lowest BCUT2D eigenvalue weighted by atomic mass is 10.2. The van der Waals surface area contributed by atoms with Crippen LogP contribution in [0, 0.1) is 0 Å². The summed E-state index contributed by atoms with van der Waals surface area (Å²) in [5.41, 5.74) is 2.99. The van der Waals surface area contributed by atoms with E-state index >= 15 is 0 Å². The lowest BCUT2D eigenvalue weighted by Crippen LogP contribution is -2.24. The molecule has 1 amide bonds. The van der Waals surface area contributed by atoms with Gasteiger partial charge in [0.25, 0.3) is 5.91 Å². The molecule has 0 heterocycles. The highest BCUT2D eigenvalue weighted by molar-refractivity contribution is 6.43. The first-order chi connectivity index (χ1) is 11.4. The Morgan fingerprint density at radius 2 is 1.62 bits per heavy atom. The second-order valence-electron chi connectivity index (χ2n) is 4.45. The van der Waals surface area contributed by atoms with Crippen LogP contribution in [-0.4, -0.2) is 18.7 Å². The molecule has 1 N–H and O–H groups in total. The SMILES string of the molecule is O=C(COc1cc(Cl)c(Cl)cc1Cl)N/N=C/c1ccc(Cl)c(Cl)c1. The van der Waals surface area contributed by atoms with Crippen LogP contribution in [0.5, 0.6) is 5.75 Å². The van der Waals surface area contributed by atoms with Crippen molar-refractivity contribution in [1.29, 1.82) is 0 Å². The second kappa shape index (κ2) is 8.79. The van der Waals surface area contributed by atoms with Gasteiger partial charge in [-0.05, 0) is 23.8 Å². The molecular weight excluding hydrogens is 417 g/mol. The maximum Gasteiger partial charge on any atom is 0.277 e. The summed E-state index contributed by atoms with van der Waals surface area (Å²) in [5.74, 6) is -0.233. The maximum atomic E-state index is 11.7. The van der Waals surface area contributed by atoms with Crippen molar-refractivity contribution in [2.45, 2.75) is 0 Å². The predicted molar refractivity (Wildman–Crippen MR) is 99.2 cm³/mol. The van der Waals surface area contributed by atoms with Crippen LogP contribution in [0.3, 0.4) is 0 Å². The van der Waals surface area contributed by atoms with E-state index in [0.29, 0.717) is 20.6 Å². The van der Waals surface area contributed by atoms with Crippen molar-refractivity contribution in [3.63, 3.8) is 0 Å². The molecule has 0 aromatic heterocycles. The van der Waals surface area contributed by atoms with Crippen molar-refractivity contribution in [3.8, 4) is 5.75 Å². The van der Waals surface area contributed by atoms with E-state index in [1.165, 1.54) is 18.3 Å². The van der Waals surface area contributed by atoms with Gasteiger partial charge in [0.1, 0.15) is 5.75 Å². The van der Waals surface area contributed by atoms with Gasteiger partial charge in [0.05, 0.1) is 31.3 Å². The summed E-state index contributed by atoms with van der Waals surface area (Å²) in [6, 6.07) is 7.81. The molecule has 0 unspecified atom stereocenters. The molecule has 0 aliphatic heterocycles. The summed E-state index contributed by atoms with van der Waals surface area (Å²) in [4.78, 5) is 11.7. The maximum absolute atomic E-state index is 11.7. The number of amides is 1. The van der Waals surface area contributed by atoms with Crippen LogP contribution in [0.25, 0.3) is 0 Å². The number of halogens is 5. The van der Waals surface area contributed by atoms with Gasteiger partial charge < -0.3 is 4.74 Å². The fourth-order valence-electron chi connectivity index (χ4n) is 1.56. The second-order valence-corrected chi connectivity index (χ2v) is 6.49. The number of nitrogens with zero attached hydrogens (tertiary/aromatic N) is 1. The monoisotopic (exact) mass is 424 g/mol. The lowest BCUT2D eigenvalue weighted by molar-refractivity contribution is -0.123. The Hall–Kier alpha value is -1.17. The standard InChI is InChI=1S/C15H9Cl5N2O2/c16-9-2-1-8(3-10(9)17)6-21-22-15(23)7-24-14-5-12(19)11(18)4-13(14)20/h1-6H,7H2,(H,22,23)/b21-6+. The van der Waals surface area contributed by atoms with Crippen LogP contribution in [0.2, 0.25) is 25.1 Å². The van der Waals surface area contributed by atoms with Crippen LogP contribution in [0.15, 0.2) is 35.4 Å². The summed E-state index contributed by atoms with van der Waals surface area (Å²) >= 11 is 29.3. The van der Waals surface area contributed by atoms with E-state index in [2.05, 4.69) is 10.5 Å². The Morgan fingerprint density at radius 1 is 0.958 bits per heavy atom. The molecule has 0 fully saturated rings. The number of carbonyl (C=O) groups is 1. The number of carbonyl (C=O) groups excluding carboxylic acids is 1. The van der Waals surface area contributed by atoms with Crippen molar-refractivity contribution >= 4 is 70.1 Å². The minimum atomic E-state index is -0.478. The van der Waals surface area contributed by atoms with Crippen LogP contribution in [0.4, 0.5) is 0 Å². The number of benzene rings is 2. The molecule has 0 radical (unpaired) electrons. The van der Waals surface area contributed by atoms with Gasteiger partial charge in [0.2, 0.25) is 0 Å². The molecule has 0 saturated heterocycles. The number of ether oxygens (including phenoxy) is 1. The smallest absolute Gasteiger partial charge is 0.277 e. The average molecular weight is 427 g/mol. The average Bonchev–Trinajstić information content (AvgIpc) is 2.53. The molecule has 9 heteroatoms. The van der Waals surface area contributed by atoms with E-state index in [1.807, 2.05) is 0 Å². The molecule has 2 aromatic rings. The number of rotatable bonds is 5. The summed E-state index contributed by atoms with van der Waals surface area (Å²) in [5, 5.41) is 5.44. The highest BCUT2D eigenvalue weighted by Crippen LogP contribution is 2.33. The summed E-state index contributed by atoms with van der Waals surface area (Å²) in [6.45, 7) is -0.295. The van der Waals surface area contributed by atoms with Crippen molar-refractivity contribution < 1.29 is 9.53 Å². The Balaban J connectivity index is 1.88. The Labute approximate surface area is 163 Å². The van der Waals surface area contributed by atoms with Crippen LogP contribution in [0.1, 0.15) is 5.56 Å². The highest BCUT2D eigenvalue weighted by atomic mass is 35.5. The normalized spacial score (nSPS) is 10.9. The van der Waals surface area contributed by atoms with Crippen molar-refractivity contribution in [3.05, 3.63) is 61.0 Å². The zero-order valence-corrected chi connectivity index (χ0v) is 15.6. The van der Waals surface area contributed by atoms with E-state index in [-0.39, 0.29) is 22.4 Å². The fourth-order valence-corrected chi connectivity index (χ4v) is 2.46. The number of hydrogen-bond acceptors (Lipinski definition) is 3.